The van der Waals surface area contributed by atoms with Gasteiger partial charge in [-0.25, -0.2) is 9.69 Å². The molecule has 1 aliphatic heterocycles. The van der Waals surface area contributed by atoms with E-state index in [1.54, 1.807) is 36.4 Å². The second-order valence-corrected chi connectivity index (χ2v) is 8.04. The molecule has 1 aromatic heterocycles. The zero-order chi connectivity index (χ0) is 24.6. The van der Waals surface area contributed by atoms with Crippen LogP contribution in [0.15, 0.2) is 60.2 Å². The summed E-state index contributed by atoms with van der Waals surface area (Å²) in [4.78, 5) is 50.2. The van der Waals surface area contributed by atoms with Crippen LogP contribution in [0, 0.1) is 20.8 Å². The minimum atomic E-state index is -0.783. The summed E-state index contributed by atoms with van der Waals surface area (Å²) in [5.74, 6) is -1.39. The molecule has 1 N–H and O–H groups in total. The summed E-state index contributed by atoms with van der Waals surface area (Å²) in [6, 6.07) is 15.0. The largest absolute Gasteiger partial charge is 0.427 e. The van der Waals surface area contributed by atoms with Crippen LogP contribution in [0.5, 0.6) is 5.75 Å². The molecule has 8 heteroatoms. The number of imide groups is 2. The number of carbonyl (C=O) groups is 4. The van der Waals surface area contributed by atoms with Crippen LogP contribution < -0.4 is 15.0 Å². The highest BCUT2D eigenvalue weighted by Gasteiger charge is 2.37. The Labute approximate surface area is 196 Å². The number of esters is 1. The number of benzene rings is 2. The lowest BCUT2D eigenvalue weighted by atomic mass is 10.1. The number of aromatic nitrogens is 1. The first-order valence-corrected chi connectivity index (χ1v) is 10.6. The third kappa shape index (κ3) is 4.25. The second-order valence-electron chi connectivity index (χ2n) is 8.04. The van der Waals surface area contributed by atoms with Crippen LogP contribution in [0.4, 0.5) is 10.5 Å². The molecule has 0 radical (unpaired) electrons. The molecule has 1 fully saturated rings. The first kappa shape index (κ1) is 22.7. The van der Waals surface area contributed by atoms with Gasteiger partial charge in [0, 0.05) is 24.0 Å². The van der Waals surface area contributed by atoms with E-state index in [0.717, 1.165) is 27.5 Å². The molecule has 8 nitrogen and oxygen atoms in total. The first-order valence-electron chi connectivity index (χ1n) is 10.6. The Hall–Kier alpha value is -4.46. The quantitative estimate of drug-likeness (QED) is 0.276. The van der Waals surface area contributed by atoms with E-state index in [2.05, 4.69) is 5.32 Å². The zero-order valence-corrected chi connectivity index (χ0v) is 19.2. The maximum atomic E-state index is 13.2. The number of amides is 4. The Kier molecular flexibility index (Phi) is 5.89. The molecule has 0 atom stereocenters. The molecule has 2 aromatic carbocycles. The third-order valence-corrected chi connectivity index (χ3v) is 5.52. The Morgan fingerprint density at radius 2 is 1.53 bits per heavy atom. The summed E-state index contributed by atoms with van der Waals surface area (Å²) in [6.07, 6.45) is 1.50. The van der Waals surface area contributed by atoms with Crippen LogP contribution in [0.1, 0.15) is 29.4 Å². The number of urea groups is 1. The Morgan fingerprint density at radius 3 is 2.15 bits per heavy atom. The van der Waals surface area contributed by atoms with Crippen molar-refractivity contribution in [2.75, 3.05) is 4.90 Å². The highest BCUT2D eigenvalue weighted by Crippen LogP contribution is 2.27. The zero-order valence-electron chi connectivity index (χ0n) is 19.2. The Morgan fingerprint density at radius 1 is 0.912 bits per heavy atom. The summed E-state index contributed by atoms with van der Waals surface area (Å²) in [5, 5.41) is 2.25. The molecular weight excluding hydrogens is 434 g/mol. The van der Waals surface area contributed by atoms with Crippen LogP contribution in [0.3, 0.4) is 0 Å². The number of barbiturate groups is 1. The van der Waals surface area contributed by atoms with Gasteiger partial charge in [-0.3, -0.25) is 19.7 Å². The van der Waals surface area contributed by atoms with Crippen molar-refractivity contribution in [3.05, 3.63) is 82.7 Å². The van der Waals surface area contributed by atoms with Crippen molar-refractivity contribution in [3.63, 3.8) is 0 Å². The summed E-state index contributed by atoms with van der Waals surface area (Å²) >= 11 is 0. The van der Waals surface area contributed by atoms with Crippen molar-refractivity contribution in [1.82, 2.24) is 9.88 Å². The monoisotopic (exact) mass is 457 g/mol. The summed E-state index contributed by atoms with van der Waals surface area (Å²) in [6.45, 7) is 7.01. The highest BCUT2D eigenvalue weighted by molar-refractivity contribution is 6.39. The number of aryl methyl sites for hydroxylation is 2. The molecule has 3 aromatic rings. The fourth-order valence-electron chi connectivity index (χ4n) is 3.90. The Bertz CT molecular complexity index is 1350. The number of anilines is 1. The number of nitrogens with one attached hydrogen (secondary N) is 1. The first-order chi connectivity index (χ1) is 16.2. The van der Waals surface area contributed by atoms with E-state index in [-0.39, 0.29) is 5.57 Å². The van der Waals surface area contributed by atoms with Gasteiger partial charge in [-0.05, 0) is 74.9 Å². The standard InChI is InChI=1S/C26H23N3O5/c1-15-5-7-21(8-6-15)29-25(32)23(24(31)27-26(29)33)14-19-13-16(2)28(17(19)3)20-9-11-22(12-10-20)34-18(4)30/h5-14H,1-4H3,(H,27,31,33)/b23-14+. The molecule has 0 unspecified atom stereocenters. The van der Waals surface area contributed by atoms with Crippen molar-refractivity contribution in [1.29, 1.82) is 0 Å². The van der Waals surface area contributed by atoms with Gasteiger partial charge in [0.15, 0.2) is 0 Å². The lowest BCUT2D eigenvalue weighted by Crippen LogP contribution is -2.54. The number of nitrogens with zero attached hydrogens (tertiary/aromatic N) is 2. The van der Waals surface area contributed by atoms with Crippen molar-refractivity contribution >= 4 is 35.6 Å². The molecule has 4 rings (SSSR count). The third-order valence-electron chi connectivity index (χ3n) is 5.52. The van der Waals surface area contributed by atoms with Crippen molar-refractivity contribution < 1.29 is 23.9 Å². The van der Waals surface area contributed by atoms with E-state index in [1.807, 2.05) is 43.5 Å². The SMILES string of the molecule is CC(=O)Oc1ccc(-n2c(C)cc(/C=C3\C(=O)NC(=O)N(c4ccc(C)cc4)C3=O)c2C)cc1. The number of rotatable bonds is 4. The topological polar surface area (TPSA) is 97.7 Å². The predicted octanol–water partition coefficient (Wildman–Crippen LogP) is 3.99. The van der Waals surface area contributed by atoms with Crippen LogP contribution >= 0.6 is 0 Å². The van der Waals surface area contributed by atoms with Crippen LogP contribution in [-0.2, 0) is 14.4 Å². The maximum Gasteiger partial charge on any atom is 0.335 e. The Balaban J connectivity index is 1.70. The van der Waals surface area contributed by atoms with Gasteiger partial charge >= 0.3 is 12.0 Å². The predicted molar refractivity (Wildman–Crippen MR) is 127 cm³/mol. The summed E-state index contributed by atoms with van der Waals surface area (Å²) < 4.78 is 7.04. The van der Waals surface area contributed by atoms with E-state index in [1.165, 1.54) is 13.0 Å². The van der Waals surface area contributed by atoms with E-state index in [0.29, 0.717) is 17.0 Å². The van der Waals surface area contributed by atoms with Gasteiger partial charge in [0.05, 0.1) is 5.69 Å². The van der Waals surface area contributed by atoms with Crippen molar-refractivity contribution in [2.24, 2.45) is 0 Å². The molecule has 34 heavy (non-hydrogen) atoms. The molecule has 1 aliphatic rings. The van der Waals surface area contributed by atoms with E-state index in [4.69, 9.17) is 4.74 Å². The lowest BCUT2D eigenvalue weighted by Gasteiger charge is -2.26. The smallest absolute Gasteiger partial charge is 0.335 e. The fraction of sp³-hybridized carbons (Fsp3) is 0.154. The van der Waals surface area contributed by atoms with Gasteiger partial charge in [0.25, 0.3) is 11.8 Å². The number of carbonyl (C=O) groups excluding carboxylic acids is 4. The molecule has 4 amide bonds. The lowest BCUT2D eigenvalue weighted by molar-refractivity contribution is -0.132. The van der Waals surface area contributed by atoms with Crippen LogP contribution in [0.2, 0.25) is 0 Å². The van der Waals surface area contributed by atoms with Gasteiger partial charge in [-0.1, -0.05) is 17.7 Å². The molecule has 1 saturated heterocycles. The van der Waals surface area contributed by atoms with Gasteiger partial charge in [-0.15, -0.1) is 0 Å². The van der Waals surface area contributed by atoms with Gasteiger partial charge in [-0.2, -0.15) is 0 Å². The van der Waals surface area contributed by atoms with Crippen molar-refractivity contribution in [2.45, 2.75) is 27.7 Å². The summed E-state index contributed by atoms with van der Waals surface area (Å²) in [7, 11) is 0. The summed E-state index contributed by atoms with van der Waals surface area (Å²) in [5.41, 5.74) is 4.39. The minimum Gasteiger partial charge on any atom is -0.427 e. The minimum absolute atomic E-state index is 0.134. The molecule has 172 valence electrons. The molecule has 0 aliphatic carbocycles. The molecule has 0 spiro atoms. The normalized spacial score (nSPS) is 15.0. The van der Waals surface area contributed by atoms with Crippen LogP contribution in [-0.4, -0.2) is 28.4 Å². The molecule has 2 heterocycles. The number of ether oxygens (including phenoxy) is 1. The number of hydrogen-bond donors (Lipinski definition) is 1. The van der Waals surface area contributed by atoms with Crippen molar-refractivity contribution in [3.8, 4) is 11.4 Å². The van der Waals surface area contributed by atoms with Gasteiger partial charge < -0.3 is 9.30 Å². The van der Waals surface area contributed by atoms with E-state index in [9.17, 15) is 19.2 Å². The van der Waals surface area contributed by atoms with Crippen LogP contribution in [0.25, 0.3) is 11.8 Å². The average Bonchev–Trinajstić information content (AvgIpc) is 3.05. The second kappa shape index (κ2) is 8.82. The van der Waals surface area contributed by atoms with E-state index < -0.39 is 23.8 Å². The maximum absolute atomic E-state index is 13.2. The molecular formula is C26H23N3O5. The average molecular weight is 457 g/mol. The van der Waals surface area contributed by atoms with Gasteiger partial charge in [0.1, 0.15) is 11.3 Å². The molecule has 0 saturated carbocycles. The molecule has 0 bridgehead atoms. The van der Waals surface area contributed by atoms with E-state index >= 15 is 0 Å². The highest BCUT2D eigenvalue weighted by atomic mass is 16.5. The fourth-order valence-corrected chi connectivity index (χ4v) is 3.90. The van der Waals surface area contributed by atoms with Gasteiger partial charge in [0.2, 0.25) is 0 Å². The number of hydrogen-bond acceptors (Lipinski definition) is 5.